The van der Waals surface area contributed by atoms with E-state index in [2.05, 4.69) is 32.7 Å². The number of hydrogen-bond acceptors (Lipinski definition) is 4. The summed E-state index contributed by atoms with van der Waals surface area (Å²) < 4.78 is 7.94. The van der Waals surface area contributed by atoms with Crippen LogP contribution in [-0.2, 0) is 4.74 Å². The van der Waals surface area contributed by atoms with Crippen LogP contribution in [0.1, 0.15) is 47.0 Å². The van der Waals surface area contributed by atoms with Crippen molar-refractivity contribution in [1.82, 2.24) is 9.55 Å². The predicted octanol–water partition coefficient (Wildman–Crippen LogP) is 3.46. The normalized spacial score (nSPS) is 29.7. The summed E-state index contributed by atoms with van der Waals surface area (Å²) in [5.41, 5.74) is 6.64. The molecule has 1 aliphatic carbocycles. The first-order chi connectivity index (χ1) is 10.5. The summed E-state index contributed by atoms with van der Waals surface area (Å²) in [5, 5.41) is 0.477. The van der Waals surface area contributed by atoms with Gasteiger partial charge in [0, 0.05) is 24.4 Å². The zero-order valence-corrected chi connectivity index (χ0v) is 14.9. The van der Waals surface area contributed by atoms with Gasteiger partial charge in [-0.3, -0.25) is 4.57 Å². The summed E-state index contributed by atoms with van der Waals surface area (Å²) in [5.74, 6) is 1.95. The quantitative estimate of drug-likeness (QED) is 0.843. The van der Waals surface area contributed by atoms with Crippen molar-refractivity contribution >= 4 is 17.4 Å². The molecule has 5 unspecified atom stereocenters. The molecule has 1 aliphatic rings. The van der Waals surface area contributed by atoms with Crippen LogP contribution in [0.3, 0.4) is 0 Å². The van der Waals surface area contributed by atoms with Gasteiger partial charge in [-0.2, -0.15) is 0 Å². The predicted molar refractivity (Wildman–Crippen MR) is 93.6 cm³/mol. The van der Waals surface area contributed by atoms with Crippen molar-refractivity contribution in [3.05, 3.63) is 18.7 Å². The summed E-state index contributed by atoms with van der Waals surface area (Å²) in [7, 11) is 0. The molecule has 1 saturated carbocycles. The van der Waals surface area contributed by atoms with Crippen molar-refractivity contribution in [2.75, 3.05) is 0 Å². The van der Waals surface area contributed by atoms with Crippen molar-refractivity contribution < 1.29 is 4.74 Å². The average Bonchev–Trinajstić information content (AvgIpc) is 3.09. The van der Waals surface area contributed by atoms with Crippen molar-refractivity contribution in [2.45, 2.75) is 59.1 Å². The highest BCUT2D eigenvalue weighted by Crippen LogP contribution is 2.42. The second-order valence-corrected chi connectivity index (χ2v) is 7.09. The number of rotatable bonds is 5. The van der Waals surface area contributed by atoms with Crippen LogP contribution >= 0.6 is 12.2 Å². The van der Waals surface area contributed by atoms with Crippen LogP contribution in [0.25, 0.3) is 0 Å². The van der Waals surface area contributed by atoms with E-state index in [4.69, 9.17) is 22.7 Å². The Hall–Kier alpha value is -0.940. The Labute approximate surface area is 139 Å². The molecule has 0 spiro atoms. The third-order valence-corrected chi connectivity index (χ3v) is 5.64. The average molecular weight is 324 g/mol. The molecule has 0 saturated heterocycles. The van der Waals surface area contributed by atoms with Gasteiger partial charge in [0.25, 0.3) is 5.17 Å². The van der Waals surface area contributed by atoms with Crippen LogP contribution in [0.2, 0.25) is 0 Å². The lowest BCUT2D eigenvalue weighted by Gasteiger charge is -2.34. The minimum absolute atomic E-state index is 0.0977. The largest absolute Gasteiger partial charge is 0.466 e. The van der Waals surface area contributed by atoms with E-state index >= 15 is 0 Å². The van der Waals surface area contributed by atoms with Gasteiger partial charge in [0.15, 0.2) is 0 Å². The van der Waals surface area contributed by atoms with E-state index in [0.717, 1.165) is 19.3 Å². The maximum Gasteiger partial charge on any atom is 0.269 e. The van der Waals surface area contributed by atoms with E-state index in [9.17, 15) is 0 Å². The zero-order chi connectivity index (χ0) is 16.3. The van der Waals surface area contributed by atoms with Crippen LogP contribution in [-0.4, -0.2) is 26.9 Å². The molecule has 1 aromatic heterocycles. The molecular formula is C17H29N3OS. The number of thiocarbonyl (C=S) groups is 1. The number of nitrogens with zero attached hydrogens (tertiary/aromatic N) is 2. The highest BCUT2D eigenvalue weighted by molar-refractivity contribution is 7.80. The van der Waals surface area contributed by atoms with Crippen LogP contribution < -0.4 is 5.73 Å². The van der Waals surface area contributed by atoms with Crippen LogP contribution in [0.5, 0.6) is 0 Å². The summed E-state index contributed by atoms with van der Waals surface area (Å²) in [6, 6.07) is 0.172. The molecule has 0 amide bonds. The monoisotopic (exact) mass is 323 g/mol. The van der Waals surface area contributed by atoms with Gasteiger partial charge in [-0.25, -0.2) is 4.98 Å². The number of nitrogens with two attached hydrogens (primary N) is 1. The molecule has 1 aromatic rings. The Morgan fingerprint density at radius 2 is 2.05 bits per heavy atom. The summed E-state index contributed by atoms with van der Waals surface area (Å²) >= 11 is 5.42. The maximum atomic E-state index is 6.64. The Bertz CT molecular complexity index is 472. The Morgan fingerprint density at radius 1 is 1.36 bits per heavy atom. The number of imidazole rings is 1. The third kappa shape index (κ3) is 3.51. The topological polar surface area (TPSA) is 53.1 Å². The molecule has 2 rings (SSSR count). The number of hydrogen-bond donors (Lipinski definition) is 1. The van der Waals surface area contributed by atoms with E-state index in [1.807, 2.05) is 6.20 Å². The SMILES string of the molecule is CCC(CC)C(N)C1C(C)CC(C)C1OC(=S)n1ccnc1. The lowest BCUT2D eigenvalue weighted by atomic mass is 9.79. The molecule has 5 atom stereocenters. The highest BCUT2D eigenvalue weighted by Gasteiger charge is 2.45. The molecule has 1 heterocycles. The standard InChI is InChI=1S/C17H29N3OS/c1-5-13(6-2)15(18)14-11(3)9-12(4)16(14)21-17(22)20-8-7-19-10-20/h7-8,10-16H,5-6,9,18H2,1-4H3. The van der Waals surface area contributed by atoms with Gasteiger partial charge in [-0.15, -0.1) is 0 Å². The Kier molecular flexibility index (Phi) is 5.98. The van der Waals surface area contributed by atoms with Crippen molar-refractivity contribution in [1.29, 1.82) is 0 Å². The fraction of sp³-hybridized carbons (Fsp3) is 0.765. The molecule has 0 bridgehead atoms. The molecule has 0 radical (unpaired) electrons. The molecule has 2 N–H and O–H groups in total. The number of ether oxygens (including phenoxy) is 1. The van der Waals surface area contributed by atoms with Crippen molar-refractivity contribution in [3.8, 4) is 0 Å². The highest BCUT2D eigenvalue weighted by atomic mass is 32.1. The van der Waals surface area contributed by atoms with E-state index in [1.54, 1.807) is 17.1 Å². The fourth-order valence-corrected chi connectivity index (χ4v) is 4.28. The fourth-order valence-electron chi connectivity index (χ4n) is 4.07. The van der Waals surface area contributed by atoms with E-state index in [1.165, 1.54) is 0 Å². The molecule has 5 heteroatoms. The molecule has 124 valence electrons. The molecule has 22 heavy (non-hydrogen) atoms. The number of aromatic nitrogens is 2. The second-order valence-electron chi connectivity index (χ2n) is 6.74. The Balaban J connectivity index is 2.14. The van der Waals surface area contributed by atoms with Gasteiger partial charge in [-0.1, -0.05) is 40.5 Å². The minimum atomic E-state index is 0.0977. The second kappa shape index (κ2) is 7.55. The molecule has 1 fully saturated rings. The third-order valence-electron chi connectivity index (χ3n) is 5.33. The first-order valence-electron chi connectivity index (χ1n) is 8.44. The zero-order valence-electron chi connectivity index (χ0n) is 14.1. The van der Waals surface area contributed by atoms with Gasteiger partial charge in [0.2, 0.25) is 0 Å². The van der Waals surface area contributed by atoms with Crippen LogP contribution in [0.15, 0.2) is 18.7 Å². The molecule has 4 nitrogen and oxygen atoms in total. The first-order valence-corrected chi connectivity index (χ1v) is 8.84. The van der Waals surface area contributed by atoms with Gasteiger partial charge < -0.3 is 10.5 Å². The van der Waals surface area contributed by atoms with Crippen LogP contribution in [0, 0.1) is 23.7 Å². The van der Waals surface area contributed by atoms with E-state index in [-0.39, 0.29) is 12.1 Å². The lowest BCUT2D eigenvalue weighted by Crippen LogP contribution is -2.45. The first kappa shape index (κ1) is 17.4. The van der Waals surface area contributed by atoms with Gasteiger partial charge >= 0.3 is 0 Å². The summed E-state index contributed by atoms with van der Waals surface area (Å²) in [6.45, 7) is 9.00. The Morgan fingerprint density at radius 3 is 2.59 bits per heavy atom. The molecule has 0 aromatic carbocycles. The van der Waals surface area contributed by atoms with E-state index < -0.39 is 0 Å². The summed E-state index contributed by atoms with van der Waals surface area (Å²) in [4.78, 5) is 4.03. The minimum Gasteiger partial charge on any atom is -0.466 e. The van der Waals surface area contributed by atoms with Gasteiger partial charge in [-0.05, 0) is 36.4 Å². The maximum absolute atomic E-state index is 6.64. The van der Waals surface area contributed by atoms with E-state index in [0.29, 0.717) is 28.8 Å². The summed E-state index contributed by atoms with van der Waals surface area (Å²) in [6.07, 6.45) is 8.70. The van der Waals surface area contributed by atoms with Crippen molar-refractivity contribution in [2.24, 2.45) is 29.4 Å². The lowest BCUT2D eigenvalue weighted by molar-refractivity contribution is 0.0738. The van der Waals surface area contributed by atoms with Gasteiger partial charge in [0.05, 0.1) is 0 Å². The molecule has 0 aliphatic heterocycles. The van der Waals surface area contributed by atoms with Crippen LogP contribution in [0.4, 0.5) is 0 Å². The van der Waals surface area contributed by atoms with Gasteiger partial charge in [0.1, 0.15) is 12.4 Å². The smallest absolute Gasteiger partial charge is 0.269 e. The van der Waals surface area contributed by atoms with Crippen molar-refractivity contribution in [3.63, 3.8) is 0 Å². The molecular weight excluding hydrogens is 294 g/mol.